The van der Waals surface area contributed by atoms with E-state index in [4.69, 9.17) is 32.7 Å². The van der Waals surface area contributed by atoms with Gasteiger partial charge in [0.05, 0.1) is 12.1 Å². The summed E-state index contributed by atoms with van der Waals surface area (Å²) in [5.74, 6) is 1.14. The van der Waals surface area contributed by atoms with Gasteiger partial charge >= 0.3 is 0 Å². The maximum Gasteiger partial charge on any atom is 0.180 e. The smallest absolute Gasteiger partial charge is 0.180 e. The molecule has 3 rings (SSSR count). The van der Waals surface area contributed by atoms with Crippen molar-refractivity contribution in [3.05, 3.63) is 93.5 Å². The Morgan fingerprint density at radius 2 is 1.61 bits per heavy atom. The van der Waals surface area contributed by atoms with Gasteiger partial charge in [-0.2, -0.15) is 0 Å². The first-order chi connectivity index (χ1) is 13.7. The Bertz CT molecular complexity index is 900. The first kappa shape index (κ1) is 20.5. The first-order valence-corrected chi connectivity index (χ1v) is 9.90. The van der Waals surface area contributed by atoms with Crippen LogP contribution in [-0.2, 0) is 19.6 Å². The number of halogens is 2. The Labute approximate surface area is 176 Å². The Morgan fingerprint density at radius 1 is 0.857 bits per heavy atom. The van der Waals surface area contributed by atoms with E-state index in [9.17, 15) is 0 Å². The lowest BCUT2D eigenvalue weighted by Gasteiger charge is -2.15. The molecule has 3 nitrogen and oxygen atoms in total. The highest BCUT2D eigenvalue weighted by atomic mass is 35.5. The van der Waals surface area contributed by atoms with Gasteiger partial charge in [0.25, 0.3) is 0 Å². The van der Waals surface area contributed by atoms with Crippen LogP contribution < -0.4 is 14.8 Å². The molecule has 0 saturated heterocycles. The van der Waals surface area contributed by atoms with E-state index in [-0.39, 0.29) is 0 Å². The molecule has 0 bridgehead atoms. The molecular weight excluding hydrogens is 393 g/mol. The van der Waals surface area contributed by atoms with Crippen LogP contribution in [0.25, 0.3) is 0 Å². The van der Waals surface area contributed by atoms with Crippen molar-refractivity contribution in [2.75, 3.05) is 13.7 Å². The van der Waals surface area contributed by atoms with Crippen LogP contribution in [0, 0.1) is 0 Å². The molecule has 0 aliphatic heterocycles. The van der Waals surface area contributed by atoms with E-state index >= 15 is 0 Å². The number of benzene rings is 3. The number of nitrogens with one attached hydrogen (secondary N) is 1. The summed E-state index contributed by atoms with van der Waals surface area (Å²) in [5, 5.41) is 4.62. The van der Waals surface area contributed by atoms with Gasteiger partial charge in [-0.3, -0.25) is 0 Å². The van der Waals surface area contributed by atoms with E-state index in [1.807, 2.05) is 42.5 Å². The minimum absolute atomic E-state index is 0.324. The Kier molecular flexibility index (Phi) is 7.61. The zero-order valence-electron chi connectivity index (χ0n) is 15.8. The fraction of sp³-hybridized carbons (Fsp3) is 0.217. The zero-order valence-corrected chi connectivity index (χ0v) is 17.3. The predicted octanol–water partition coefficient (Wildman–Crippen LogP) is 5.91. The third-order valence-corrected chi connectivity index (χ3v) is 5.03. The summed E-state index contributed by atoms with van der Waals surface area (Å²) >= 11 is 12.7. The number of methoxy groups -OCH3 is 1. The van der Waals surface area contributed by atoms with Crippen LogP contribution in [-0.4, -0.2) is 13.7 Å². The van der Waals surface area contributed by atoms with E-state index in [1.54, 1.807) is 7.11 Å². The van der Waals surface area contributed by atoms with Crippen LogP contribution in [0.3, 0.4) is 0 Å². The molecule has 0 saturated carbocycles. The fourth-order valence-corrected chi connectivity index (χ4v) is 3.37. The van der Waals surface area contributed by atoms with Crippen LogP contribution in [0.5, 0.6) is 11.5 Å². The molecule has 0 radical (unpaired) electrons. The molecule has 0 aliphatic rings. The molecule has 0 unspecified atom stereocenters. The summed E-state index contributed by atoms with van der Waals surface area (Å²) < 4.78 is 11.4. The lowest BCUT2D eigenvalue weighted by molar-refractivity contribution is 0.284. The lowest BCUT2D eigenvalue weighted by Crippen LogP contribution is -2.16. The number of ether oxygens (including phenoxy) is 2. The minimum atomic E-state index is 0.324. The number of hydrogen-bond donors (Lipinski definition) is 1. The molecule has 146 valence electrons. The fourth-order valence-electron chi connectivity index (χ4n) is 2.89. The summed E-state index contributed by atoms with van der Waals surface area (Å²) in [4.78, 5) is 0. The average molecular weight is 416 g/mol. The maximum atomic E-state index is 6.46. The van der Waals surface area contributed by atoms with E-state index in [1.165, 1.54) is 5.56 Å². The molecule has 0 heterocycles. The monoisotopic (exact) mass is 415 g/mol. The molecule has 0 aromatic heterocycles. The van der Waals surface area contributed by atoms with Crippen LogP contribution >= 0.6 is 23.2 Å². The van der Waals surface area contributed by atoms with Crippen molar-refractivity contribution >= 4 is 23.2 Å². The van der Waals surface area contributed by atoms with E-state index in [0.29, 0.717) is 34.7 Å². The average Bonchev–Trinajstić information content (AvgIpc) is 2.72. The standard InChI is InChI=1S/C23H23Cl2NO2/c1-27-22-14-18(15-26-12-11-17-7-3-2-4-8-17)13-21(25)23(22)28-16-19-9-5-6-10-20(19)24/h2-10,13-14,26H,11-12,15-16H2,1H3. The molecule has 0 amide bonds. The second-order valence-corrected chi connectivity index (χ2v) is 7.22. The summed E-state index contributed by atoms with van der Waals surface area (Å²) in [7, 11) is 1.61. The van der Waals surface area contributed by atoms with Crippen molar-refractivity contribution in [3.63, 3.8) is 0 Å². The molecule has 5 heteroatoms. The maximum absolute atomic E-state index is 6.46. The Morgan fingerprint density at radius 3 is 2.36 bits per heavy atom. The molecule has 1 N–H and O–H groups in total. The van der Waals surface area contributed by atoms with Crippen molar-refractivity contribution in [2.24, 2.45) is 0 Å². The van der Waals surface area contributed by atoms with Crippen LogP contribution in [0.2, 0.25) is 10.0 Å². The third kappa shape index (κ3) is 5.65. The molecule has 0 spiro atoms. The van der Waals surface area contributed by atoms with Crippen molar-refractivity contribution in [1.29, 1.82) is 0 Å². The summed E-state index contributed by atoms with van der Waals surface area (Å²) in [6.07, 6.45) is 0.977. The van der Waals surface area contributed by atoms with Gasteiger partial charge in [-0.1, -0.05) is 71.7 Å². The van der Waals surface area contributed by atoms with E-state index in [0.717, 1.165) is 24.1 Å². The first-order valence-electron chi connectivity index (χ1n) is 9.14. The predicted molar refractivity (Wildman–Crippen MR) is 116 cm³/mol. The number of rotatable bonds is 9. The highest BCUT2D eigenvalue weighted by Gasteiger charge is 2.13. The van der Waals surface area contributed by atoms with E-state index < -0.39 is 0 Å². The minimum Gasteiger partial charge on any atom is -0.493 e. The Hall–Kier alpha value is -2.20. The van der Waals surface area contributed by atoms with E-state index in [2.05, 4.69) is 29.6 Å². The normalized spacial score (nSPS) is 10.7. The highest BCUT2D eigenvalue weighted by molar-refractivity contribution is 6.32. The molecule has 3 aromatic rings. The van der Waals surface area contributed by atoms with Gasteiger partial charge < -0.3 is 14.8 Å². The van der Waals surface area contributed by atoms with Crippen LogP contribution in [0.4, 0.5) is 0 Å². The SMILES string of the molecule is COc1cc(CNCCc2ccccc2)cc(Cl)c1OCc1ccccc1Cl. The van der Waals surface area contributed by atoms with Crippen LogP contribution in [0.15, 0.2) is 66.7 Å². The second-order valence-electron chi connectivity index (χ2n) is 6.40. The summed E-state index contributed by atoms with van der Waals surface area (Å²) in [5.41, 5.74) is 3.25. The van der Waals surface area contributed by atoms with Gasteiger partial charge in [-0.25, -0.2) is 0 Å². The van der Waals surface area contributed by atoms with Gasteiger partial charge in [0.2, 0.25) is 0 Å². The van der Waals surface area contributed by atoms with Gasteiger partial charge in [0, 0.05) is 17.1 Å². The van der Waals surface area contributed by atoms with Crippen molar-refractivity contribution in [1.82, 2.24) is 5.32 Å². The van der Waals surface area contributed by atoms with Gasteiger partial charge in [0.15, 0.2) is 11.5 Å². The summed E-state index contributed by atoms with van der Waals surface area (Å²) in [6, 6.07) is 21.8. The molecule has 3 aromatic carbocycles. The third-order valence-electron chi connectivity index (χ3n) is 4.38. The molecule has 0 atom stereocenters. The lowest BCUT2D eigenvalue weighted by atomic mass is 10.1. The van der Waals surface area contributed by atoms with Crippen molar-refractivity contribution in [3.8, 4) is 11.5 Å². The molecule has 28 heavy (non-hydrogen) atoms. The highest BCUT2D eigenvalue weighted by Crippen LogP contribution is 2.37. The quantitative estimate of drug-likeness (QED) is 0.440. The Balaban J connectivity index is 1.60. The van der Waals surface area contributed by atoms with Gasteiger partial charge in [-0.15, -0.1) is 0 Å². The van der Waals surface area contributed by atoms with Crippen LogP contribution in [0.1, 0.15) is 16.7 Å². The van der Waals surface area contributed by atoms with Crippen molar-refractivity contribution < 1.29 is 9.47 Å². The second kappa shape index (κ2) is 10.4. The summed E-state index contributed by atoms with van der Waals surface area (Å²) in [6.45, 7) is 1.91. The zero-order chi connectivity index (χ0) is 19.8. The van der Waals surface area contributed by atoms with Gasteiger partial charge in [0.1, 0.15) is 6.61 Å². The number of hydrogen-bond acceptors (Lipinski definition) is 3. The topological polar surface area (TPSA) is 30.5 Å². The largest absolute Gasteiger partial charge is 0.493 e. The molecule has 0 fully saturated rings. The molecule has 0 aliphatic carbocycles. The van der Waals surface area contributed by atoms with Gasteiger partial charge in [-0.05, 0) is 42.3 Å². The molecular formula is C23H23Cl2NO2. The van der Waals surface area contributed by atoms with Crippen molar-refractivity contribution in [2.45, 2.75) is 19.6 Å².